The molecule has 1 saturated heterocycles. The molecule has 5 nitrogen and oxygen atoms in total. The van der Waals surface area contributed by atoms with Gasteiger partial charge in [-0.15, -0.1) is 0 Å². The third kappa shape index (κ3) is 1.31. The molecule has 1 aromatic rings. The Labute approximate surface area is 105 Å². The molecular weight excluding hydrogens is 234 g/mol. The topological polar surface area (TPSA) is 59.0 Å². The zero-order valence-electron chi connectivity index (χ0n) is 10.3. The van der Waals surface area contributed by atoms with Crippen molar-refractivity contribution in [3.8, 4) is 5.75 Å². The van der Waals surface area contributed by atoms with Crippen LogP contribution in [-0.4, -0.2) is 37.9 Å². The Bertz CT molecular complexity index is 516. The monoisotopic (exact) mass is 249 g/mol. The van der Waals surface area contributed by atoms with E-state index in [0.717, 1.165) is 11.3 Å². The van der Waals surface area contributed by atoms with E-state index in [0.29, 0.717) is 12.2 Å². The van der Waals surface area contributed by atoms with Crippen LogP contribution in [0.15, 0.2) is 18.2 Å². The second kappa shape index (κ2) is 3.70. The van der Waals surface area contributed by atoms with Crippen LogP contribution < -0.4 is 9.64 Å². The first-order chi connectivity index (χ1) is 8.58. The number of hydrogen-bond donors (Lipinski definition) is 1. The molecule has 1 N–H and O–H groups in total. The third-order valence-corrected chi connectivity index (χ3v) is 3.70. The zero-order valence-corrected chi connectivity index (χ0v) is 10.3. The number of ether oxygens (including phenoxy) is 2. The summed E-state index contributed by atoms with van der Waals surface area (Å²) in [6.45, 7) is 0.191. The van der Waals surface area contributed by atoms with Gasteiger partial charge in [-0.1, -0.05) is 0 Å². The van der Waals surface area contributed by atoms with Gasteiger partial charge in [0.2, 0.25) is 0 Å². The number of benzene rings is 1. The van der Waals surface area contributed by atoms with Crippen molar-refractivity contribution in [1.29, 1.82) is 0 Å². The summed E-state index contributed by atoms with van der Waals surface area (Å²) < 4.78 is 10.8. The Balaban J connectivity index is 2.16. The van der Waals surface area contributed by atoms with Crippen LogP contribution in [0.4, 0.5) is 5.69 Å². The van der Waals surface area contributed by atoms with Gasteiger partial charge in [-0.3, -0.25) is 4.79 Å². The molecule has 18 heavy (non-hydrogen) atoms. The van der Waals surface area contributed by atoms with Crippen LogP contribution in [0.3, 0.4) is 0 Å². The third-order valence-electron chi connectivity index (χ3n) is 3.70. The maximum absolute atomic E-state index is 12.4. The van der Waals surface area contributed by atoms with E-state index in [1.54, 1.807) is 19.1 Å². The second-order valence-corrected chi connectivity index (χ2v) is 4.74. The molecule has 0 unspecified atom stereocenters. The fraction of sp³-hybridized carbons (Fsp3) is 0.462. The number of likely N-dealkylation sites (N-methyl/N-ethyl adjacent to an activating group) is 1. The average molecular weight is 249 g/mol. The van der Waals surface area contributed by atoms with Crippen molar-refractivity contribution in [3.05, 3.63) is 23.8 Å². The summed E-state index contributed by atoms with van der Waals surface area (Å²) >= 11 is 0. The highest BCUT2D eigenvalue weighted by Crippen LogP contribution is 2.48. The molecule has 1 spiro atoms. The van der Waals surface area contributed by atoms with E-state index in [1.165, 1.54) is 0 Å². The van der Waals surface area contributed by atoms with Gasteiger partial charge in [0.05, 0.1) is 25.5 Å². The maximum atomic E-state index is 12.4. The lowest BCUT2D eigenvalue weighted by Gasteiger charge is -2.21. The normalized spacial score (nSPS) is 30.1. The van der Waals surface area contributed by atoms with Crippen molar-refractivity contribution >= 4 is 11.6 Å². The fourth-order valence-electron chi connectivity index (χ4n) is 2.78. The standard InChI is InChI=1S/C13H15NO4/c1-14-11-4-3-9(17-2)5-10(11)13(12(14)16)6-8(15)7-18-13/h3-5,8,15H,6-7H2,1-2H3/t8-,13+/m0/s1. The number of anilines is 1. The van der Waals surface area contributed by atoms with Gasteiger partial charge >= 0.3 is 0 Å². The van der Waals surface area contributed by atoms with Crippen molar-refractivity contribution in [2.75, 3.05) is 25.7 Å². The first kappa shape index (κ1) is 11.5. The number of carbonyl (C=O) groups is 1. The lowest BCUT2D eigenvalue weighted by atomic mass is 9.91. The summed E-state index contributed by atoms with van der Waals surface area (Å²) in [6, 6.07) is 5.47. The van der Waals surface area contributed by atoms with E-state index in [2.05, 4.69) is 0 Å². The predicted molar refractivity (Wildman–Crippen MR) is 64.7 cm³/mol. The quantitative estimate of drug-likeness (QED) is 0.794. The Morgan fingerprint density at radius 3 is 2.94 bits per heavy atom. The van der Waals surface area contributed by atoms with Crippen LogP contribution in [0.2, 0.25) is 0 Å². The summed E-state index contributed by atoms with van der Waals surface area (Å²) in [6.07, 6.45) is -0.296. The highest BCUT2D eigenvalue weighted by Gasteiger charge is 2.55. The van der Waals surface area contributed by atoms with E-state index >= 15 is 0 Å². The van der Waals surface area contributed by atoms with E-state index in [4.69, 9.17) is 9.47 Å². The van der Waals surface area contributed by atoms with Gasteiger partial charge < -0.3 is 19.5 Å². The number of carbonyl (C=O) groups excluding carboxylic acids is 1. The molecule has 0 saturated carbocycles. The highest BCUT2D eigenvalue weighted by molar-refractivity contribution is 6.07. The molecule has 2 aliphatic rings. The molecule has 3 rings (SSSR count). The summed E-state index contributed by atoms with van der Waals surface area (Å²) in [4.78, 5) is 14.0. The van der Waals surface area contributed by atoms with Gasteiger partial charge in [-0.05, 0) is 18.2 Å². The minimum Gasteiger partial charge on any atom is -0.497 e. The highest BCUT2D eigenvalue weighted by atomic mass is 16.5. The van der Waals surface area contributed by atoms with Crippen molar-refractivity contribution < 1.29 is 19.4 Å². The number of amides is 1. The lowest BCUT2D eigenvalue weighted by molar-refractivity contribution is -0.137. The van der Waals surface area contributed by atoms with Crippen LogP contribution >= 0.6 is 0 Å². The van der Waals surface area contributed by atoms with Gasteiger partial charge in [-0.2, -0.15) is 0 Å². The first-order valence-electron chi connectivity index (χ1n) is 5.87. The molecule has 2 atom stereocenters. The van der Waals surface area contributed by atoms with Crippen LogP contribution in [0, 0.1) is 0 Å². The molecule has 5 heteroatoms. The van der Waals surface area contributed by atoms with Crippen LogP contribution in [0.5, 0.6) is 5.75 Å². The first-order valence-corrected chi connectivity index (χ1v) is 5.87. The molecule has 0 aromatic heterocycles. The lowest BCUT2D eigenvalue weighted by Crippen LogP contribution is -2.38. The molecule has 0 aliphatic carbocycles. The molecule has 1 fully saturated rings. The predicted octanol–water partition coefficient (Wildman–Crippen LogP) is 0.648. The van der Waals surface area contributed by atoms with Crippen LogP contribution in [0.1, 0.15) is 12.0 Å². The summed E-state index contributed by atoms with van der Waals surface area (Å²) in [5.74, 6) is 0.559. The SMILES string of the molecule is COc1ccc2c(c1)[C@]1(C[C@H](O)CO1)C(=O)N2C. The van der Waals surface area contributed by atoms with Crippen molar-refractivity contribution in [2.45, 2.75) is 18.1 Å². The fourth-order valence-corrected chi connectivity index (χ4v) is 2.78. The molecule has 1 aromatic carbocycles. The minimum absolute atomic E-state index is 0.123. The molecule has 96 valence electrons. The Morgan fingerprint density at radius 1 is 1.56 bits per heavy atom. The van der Waals surface area contributed by atoms with Crippen molar-refractivity contribution in [3.63, 3.8) is 0 Å². The van der Waals surface area contributed by atoms with Gasteiger partial charge in [0.15, 0.2) is 5.60 Å². The molecule has 0 radical (unpaired) electrons. The molecule has 2 heterocycles. The van der Waals surface area contributed by atoms with Crippen LogP contribution in [0.25, 0.3) is 0 Å². The largest absolute Gasteiger partial charge is 0.497 e. The van der Waals surface area contributed by atoms with Crippen molar-refractivity contribution in [1.82, 2.24) is 0 Å². The van der Waals surface area contributed by atoms with Gasteiger partial charge in [0, 0.05) is 19.0 Å². The molecular formula is C13H15NO4. The van der Waals surface area contributed by atoms with E-state index in [1.807, 2.05) is 18.2 Å². The minimum atomic E-state index is -1.03. The molecule has 1 amide bonds. The molecule has 0 bridgehead atoms. The Hall–Kier alpha value is -1.59. The zero-order chi connectivity index (χ0) is 12.9. The Kier molecular flexibility index (Phi) is 2.36. The second-order valence-electron chi connectivity index (χ2n) is 4.74. The van der Waals surface area contributed by atoms with E-state index in [-0.39, 0.29) is 12.5 Å². The number of rotatable bonds is 1. The number of nitrogens with zero attached hydrogens (tertiary/aromatic N) is 1. The number of fused-ring (bicyclic) bond motifs is 2. The van der Waals surface area contributed by atoms with E-state index < -0.39 is 11.7 Å². The van der Waals surface area contributed by atoms with Gasteiger partial charge in [-0.25, -0.2) is 0 Å². The van der Waals surface area contributed by atoms with Crippen LogP contribution in [-0.2, 0) is 15.1 Å². The Morgan fingerprint density at radius 2 is 2.33 bits per heavy atom. The van der Waals surface area contributed by atoms with Crippen molar-refractivity contribution in [2.24, 2.45) is 0 Å². The average Bonchev–Trinajstić information content (AvgIpc) is 2.87. The van der Waals surface area contributed by atoms with Gasteiger partial charge in [0.25, 0.3) is 5.91 Å². The number of methoxy groups -OCH3 is 1. The summed E-state index contributed by atoms with van der Waals surface area (Å²) in [5, 5.41) is 9.68. The van der Waals surface area contributed by atoms with E-state index in [9.17, 15) is 9.90 Å². The molecule has 2 aliphatic heterocycles. The number of hydrogen-bond acceptors (Lipinski definition) is 4. The number of aliphatic hydroxyl groups excluding tert-OH is 1. The summed E-state index contributed by atoms with van der Waals surface area (Å²) in [7, 11) is 3.30. The maximum Gasteiger partial charge on any atom is 0.263 e. The smallest absolute Gasteiger partial charge is 0.263 e. The summed E-state index contributed by atoms with van der Waals surface area (Å²) in [5.41, 5.74) is 0.568. The van der Waals surface area contributed by atoms with Gasteiger partial charge in [0.1, 0.15) is 5.75 Å². The number of aliphatic hydroxyl groups is 1.